The molecule has 1 aliphatic heterocycles. The van der Waals surface area contributed by atoms with E-state index in [0.29, 0.717) is 11.5 Å². The van der Waals surface area contributed by atoms with Gasteiger partial charge < -0.3 is 14.8 Å². The van der Waals surface area contributed by atoms with Crippen LogP contribution in [0.3, 0.4) is 0 Å². The highest BCUT2D eigenvalue weighted by Crippen LogP contribution is 2.25. The molecule has 0 aliphatic carbocycles. The molecule has 2 rings (SSSR count). The van der Waals surface area contributed by atoms with E-state index in [1.807, 2.05) is 6.07 Å². The molecule has 2 atom stereocenters. The van der Waals surface area contributed by atoms with Crippen molar-refractivity contribution in [2.75, 3.05) is 25.6 Å². The summed E-state index contributed by atoms with van der Waals surface area (Å²) in [5.41, 5.74) is 1.47. The number of nitriles is 1. The molecular formula is C14H18N2O2. The summed E-state index contributed by atoms with van der Waals surface area (Å²) in [5, 5.41) is 12.5. The van der Waals surface area contributed by atoms with Crippen LogP contribution in [0.4, 0.5) is 5.69 Å². The predicted octanol–water partition coefficient (Wildman–Crippen LogP) is 2.40. The van der Waals surface area contributed by atoms with Gasteiger partial charge in [0.05, 0.1) is 25.0 Å². The molecule has 0 radical (unpaired) electrons. The highest BCUT2D eigenvalue weighted by molar-refractivity contribution is 5.60. The second-order valence-electron chi connectivity index (χ2n) is 4.58. The fourth-order valence-corrected chi connectivity index (χ4v) is 2.18. The summed E-state index contributed by atoms with van der Waals surface area (Å²) in [6, 6.07) is 7.92. The van der Waals surface area contributed by atoms with Crippen LogP contribution in [0.1, 0.15) is 18.9 Å². The minimum absolute atomic E-state index is 0.284. The fourth-order valence-electron chi connectivity index (χ4n) is 2.18. The first-order valence-corrected chi connectivity index (χ1v) is 6.17. The number of nitrogens with zero attached hydrogens (tertiary/aromatic N) is 1. The third-order valence-corrected chi connectivity index (χ3v) is 3.40. The van der Waals surface area contributed by atoms with Gasteiger partial charge in [0.15, 0.2) is 0 Å². The summed E-state index contributed by atoms with van der Waals surface area (Å²) in [4.78, 5) is 0. The van der Waals surface area contributed by atoms with Crippen LogP contribution in [0, 0.1) is 17.2 Å². The van der Waals surface area contributed by atoms with Crippen LogP contribution in [0.5, 0.6) is 5.75 Å². The number of benzene rings is 1. The fraction of sp³-hybridized carbons (Fsp3) is 0.500. The van der Waals surface area contributed by atoms with Gasteiger partial charge in [-0.25, -0.2) is 0 Å². The van der Waals surface area contributed by atoms with Gasteiger partial charge in [-0.05, 0) is 25.5 Å². The first-order valence-electron chi connectivity index (χ1n) is 6.17. The Balaban J connectivity index is 2.13. The Morgan fingerprint density at radius 1 is 1.56 bits per heavy atom. The van der Waals surface area contributed by atoms with E-state index in [2.05, 4.69) is 18.3 Å². The molecule has 4 nitrogen and oxygen atoms in total. The molecule has 4 heteroatoms. The highest BCUT2D eigenvalue weighted by atomic mass is 16.5. The molecule has 1 aromatic rings. The molecule has 1 N–H and O–H groups in total. The Hall–Kier alpha value is -1.73. The maximum Gasteiger partial charge on any atom is 0.121 e. The Kier molecular flexibility index (Phi) is 4.06. The van der Waals surface area contributed by atoms with Crippen LogP contribution in [-0.4, -0.2) is 26.4 Å². The molecule has 1 heterocycles. The molecule has 0 saturated carbocycles. The lowest BCUT2D eigenvalue weighted by atomic mass is 10.00. The van der Waals surface area contributed by atoms with Gasteiger partial charge in [-0.3, -0.25) is 0 Å². The van der Waals surface area contributed by atoms with Crippen molar-refractivity contribution < 1.29 is 9.47 Å². The number of hydrogen-bond acceptors (Lipinski definition) is 4. The number of nitrogens with one attached hydrogen (secondary N) is 1. The van der Waals surface area contributed by atoms with Gasteiger partial charge in [-0.2, -0.15) is 5.26 Å². The molecule has 2 unspecified atom stereocenters. The highest BCUT2D eigenvalue weighted by Gasteiger charge is 2.22. The molecule has 96 valence electrons. The van der Waals surface area contributed by atoms with Crippen LogP contribution < -0.4 is 10.1 Å². The van der Waals surface area contributed by atoms with E-state index in [0.717, 1.165) is 31.1 Å². The third kappa shape index (κ3) is 2.74. The number of ether oxygens (including phenoxy) is 2. The minimum Gasteiger partial charge on any atom is -0.497 e. The van der Waals surface area contributed by atoms with Crippen molar-refractivity contribution in [3.05, 3.63) is 23.8 Å². The van der Waals surface area contributed by atoms with Gasteiger partial charge in [0.1, 0.15) is 11.8 Å². The topological polar surface area (TPSA) is 54.3 Å². The van der Waals surface area contributed by atoms with E-state index in [1.54, 1.807) is 19.2 Å². The summed E-state index contributed by atoms with van der Waals surface area (Å²) in [7, 11) is 1.62. The first-order chi connectivity index (χ1) is 8.74. The Morgan fingerprint density at radius 2 is 2.39 bits per heavy atom. The lowest BCUT2D eigenvalue weighted by Crippen LogP contribution is -2.26. The number of anilines is 1. The molecule has 18 heavy (non-hydrogen) atoms. The average molecular weight is 246 g/mol. The van der Waals surface area contributed by atoms with Crippen molar-refractivity contribution >= 4 is 5.69 Å². The van der Waals surface area contributed by atoms with Gasteiger partial charge in [-0.15, -0.1) is 0 Å². The van der Waals surface area contributed by atoms with E-state index in [-0.39, 0.29) is 6.04 Å². The molecule has 0 aromatic heterocycles. The number of rotatable bonds is 4. The molecule has 0 bridgehead atoms. The van der Waals surface area contributed by atoms with Crippen molar-refractivity contribution in [1.29, 1.82) is 5.26 Å². The van der Waals surface area contributed by atoms with Gasteiger partial charge in [0.25, 0.3) is 0 Å². The summed E-state index contributed by atoms with van der Waals surface area (Å²) < 4.78 is 10.6. The maximum absolute atomic E-state index is 9.10. The number of methoxy groups -OCH3 is 1. The zero-order valence-corrected chi connectivity index (χ0v) is 10.8. The molecule has 0 amide bonds. The SMILES string of the molecule is COc1ccc(C#N)c(NC(C)C2CCOC2)c1. The predicted molar refractivity (Wildman–Crippen MR) is 69.7 cm³/mol. The quantitative estimate of drug-likeness (QED) is 0.886. The van der Waals surface area contributed by atoms with E-state index < -0.39 is 0 Å². The van der Waals surface area contributed by atoms with Crippen LogP contribution in [0.25, 0.3) is 0 Å². The molecule has 0 spiro atoms. The minimum atomic E-state index is 0.284. The zero-order valence-electron chi connectivity index (χ0n) is 10.8. The smallest absolute Gasteiger partial charge is 0.121 e. The van der Waals surface area contributed by atoms with Gasteiger partial charge in [0.2, 0.25) is 0 Å². The van der Waals surface area contributed by atoms with Crippen molar-refractivity contribution in [3.63, 3.8) is 0 Å². The van der Waals surface area contributed by atoms with E-state index in [4.69, 9.17) is 14.7 Å². The van der Waals surface area contributed by atoms with E-state index >= 15 is 0 Å². The van der Waals surface area contributed by atoms with Crippen LogP contribution in [0.15, 0.2) is 18.2 Å². The molecular weight excluding hydrogens is 228 g/mol. The van der Waals surface area contributed by atoms with E-state index in [1.165, 1.54) is 0 Å². The van der Waals surface area contributed by atoms with Crippen molar-refractivity contribution in [2.24, 2.45) is 5.92 Å². The largest absolute Gasteiger partial charge is 0.497 e. The maximum atomic E-state index is 9.10. The average Bonchev–Trinajstić information content (AvgIpc) is 2.92. The van der Waals surface area contributed by atoms with Gasteiger partial charge in [-0.1, -0.05) is 0 Å². The lowest BCUT2D eigenvalue weighted by molar-refractivity contribution is 0.183. The third-order valence-electron chi connectivity index (χ3n) is 3.40. The Labute approximate surface area is 108 Å². The zero-order chi connectivity index (χ0) is 13.0. The summed E-state index contributed by atoms with van der Waals surface area (Å²) in [6.45, 7) is 3.75. The van der Waals surface area contributed by atoms with Crippen molar-refractivity contribution in [1.82, 2.24) is 0 Å². The monoisotopic (exact) mass is 246 g/mol. The van der Waals surface area contributed by atoms with Gasteiger partial charge in [0, 0.05) is 24.6 Å². The Morgan fingerprint density at radius 3 is 3.00 bits per heavy atom. The Bertz CT molecular complexity index is 448. The second-order valence-corrected chi connectivity index (χ2v) is 4.58. The molecule has 1 saturated heterocycles. The summed E-state index contributed by atoms with van der Waals surface area (Å²) in [5.74, 6) is 1.26. The molecule has 1 aromatic carbocycles. The van der Waals surface area contributed by atoms with Crippen LogP contribution in [-0.2, 0) is 4.74 Å². The van der Waals surface area contributed by atoms with Crippen LogP contribution in [0.2, 0.25) is 0 Å². The molecule has 1 aliphatic rings. The molecule has 1 fully saturated rings. The van der Waals surface area contributed by atoms with Crippen molar-refractivity contribution in [3.8, 4) is 11.8 Å². The van der Waals surface area contributed by atoms with E-state index in [9.17, 15) is 0 Å². The lowest BCUT2D eigenvalue weighted by Gasteiger charge is -2.21. The second kappa shape index (κ2) is 5.74. The first kappa shape index (κ1) is 12.7. The normalized spacial score (nSPS) is 20.2. The van der Waals surface area contributed by atoms with Gasteiger partial charge >= 0.3 is 0 Å². The van der Waals surface area contributed by atoms with Crippen molar-refractivity contribution in [2.45, 2.75) is 19.4 Å². The van der Waals surface area contributed by atoms with Crippen LogP contribution >= 0.6 is 0 Å². The number of hydrogen-bond donors (Lipinski definition) is 1. The standard InChI is InChI=1S/C14H18N2O2/c1-10(12-5-6-18-9-12)16-14-7-13(17-2)4-3-11(14)8-15/h3-4,7,10,12,16H,5-6,9H2,1-2H3. The summed E-state index contributed by atoms with van der Waals surface area (Å²) in [6.07, 6.45) is 1.07. The summed E-state index contributed by atoms with van der Waals surface area (Å²) >= 11 is 0.